The Bertz CT molecular complexity index is 526. The Morgan fingerprint density at radius 2 is 2.05 bits per heavy atom. The third kappa shape index (κ3) is 3.16. The molecule has 1 aromatic heterocycles. The van der Waals surface area contributed by atoms with Crippen LogP contribution < -0.4 is 5.32 Å². The highest BCUT2D eigenvalue weighted by Gasteiger charge is 2.16. The molecule has 1 N–H and O–H groups in total. The lowest BCUT2D eigenvalue weighted by Crippen LogP contribution is -2.34. The maximum Gasteiger partial charge on any atom is 0.0346 e. The molecule has 0 spiro atoms. The van der Waals surface area contributed by atoms with E-state index in [9.17, 15) is 0 Å². The second-order valence-corrected chi connectivity index (χ2v) is 6.55. The van der Waals surface area contributed by atoms with Gasteiger partial charge in [0.15, 0.2) is 0 Å². The van der Waals surface area contributed by atoms with Crippen molar-refractivity contribution in [2.24, 2.45) is 5.92 Å². The average molecular weight is 274 g/mol. The maximum atomic E-state index is 3.65. The largest absolute Gasteiger partial charge is 0.312 e. The molecule has 1 aromatic carbocycles. The summed E-state index contributed by atoms with van der Waals surface area (Å²) in [7, 11) is 2.22. The summed E-state index contributed by atoms with van der Waals surface area (Å²) in [6.07, 6.45) is 2.68. The number of rotatable bonds is 4. The highest BCUT2D eigenvalue weighted by molar-refractivity contribution is 7.17. The standard InChI is InChI=1S/C16H22N2S/c1-18-8-6-13(7-9-18)10-17-11-14-12-19-16-5-3-2-4-15(14)16/h2-5,12-13,17H,6-11H2,1H3. The maximum absolute atomic E-state index is 3.65. The minimum absolute atomic E-state index is 0.862. The Morgan fingerprint density at radius 3 is 2.89 bits per heavy atom. The van der Waals surface area contributed by atoms with Crippen molar-refractivity contribution in [2.75, 3.05) is 26.7 Å². The summed E-state index contributed by atoms with van der Waals surface area (Å²) in [4.78, 5) is 2.43. The third-order valence-corrected chi connectivity index (χ3v) is 5.16. The van der Waals surface area contributed by atoms with Crippen molar-refractivity contribution in [1.82, 2.24) is 10.2 Å². The first-order valence-corrected chi connectivity index (χ1v) is 8.05. The van der Waals surface area contributed by atoms with Gasteiger partial charge in [-0.15, -0.1) is 11.3 Å². The number of piperidine rings is 1. The molecule has 0 atom stereocenters. The van der Waals surface area contributed by atoms with Crippen LogP contribution in [0.3, 0.4) is 0 Å². The van der Waals surface area contributed by atoms with Gasteiger partial charge in [-0.2, -0.15) is 0 Å². The van der Waals surface area contributed by atoms with Gasteiger partial charge in [-0.05, 0) is 67.8 Å². The number of thiophene rings is 1. The van der Waals surface area contributed by atoms with Crippen molar-refractivity contribution in [3.63, 3.8) is 0 Å². The van der Waals surface area contributed by atoms with Gasteiger partial charge in [-0.1, -0.05) is 18.2 Å². The summed E-state index contributed by atoms with van der Waals surface area (Å²) in [5.41, 5.74) is 1.45. The summed E-state index contributed by atoms with van der Waals surface area (Å²) >= 11 is 1.85. The summed E-state index contributed by atoms with van der Waals surface area (Å²) < 4.78 is 1.40. The van der Waals surface area contributed by atoms with E-state index in [1.807, 2.05) is 11.3 Å². The van der Waals surface area contributed by atoms with Crippen LogP contribution in [0, 0.1) is 5.92 Å². The fourth-order valence-electron chi connectivity index (χ4n) is 2.85. The van der Waals surface area contributed by atoms with Gasteiger partial charge in [0, 0.05) is 11.2 Å². The number of hydrogen-bond donors (Lipinski definition) is 1. The van der Waals surface area contributed by atoms with Gasteiger partial charge < -0.3 is 10.2 Å². The van der Waals surface area contributed by atoms with Gasteiger partial charge in [0.2, 0.25) is 0 Å². The van der Waals surface area contributed by atoms with Gasteiger partial charge in [-0.25, -0.2) is 0 Å². The highest BCUT2D eigenvalue weighted by Crippen LogP contribution is 2.25. The summed E-state index contributed by atoms with van der Waals surface area (Å²) in [6, 6.07) is 8.70. The molecule has 0 saturated carbocycles. The van der Waals surface area contributed by atoms with Crippen molar-refractivity contribution >= 4 is 21.4 Å². The number of hydrogen-bond acceptors (Lipinski definition) is 3. The van der Waals surface area contributed by atoms with Gasteiger partial charge in [0.05, 0.1) is 0 Å². The zero-order valence-electron chi connectivity index (χ0n) is 11.6. The molecule has 1 aliphatic rings. The zero-order chi connectivity index (χ0) is 13.1. The molecule has 3 heteroatoms. The molecule has 0 unspecified atom stereocenters. The lowest BCUT2D eigenvalue weighted by Gasteiger charge is -2.29. The molecule has 1 fully saturated rings. The van der Waals surface area contributed by atoms with Crippen LogP contribution in [0.15, 0.2) is 29.6 Å². The first-order valence-electron chi connectivity index (χ1n) is 7.17. The lowest BCUT2D eigenvalue weighted by molar-refractivity contribution is 0.216. The van der Waals surface area contributed by atoms with Crippen LogP contribution in [0.25, 0.3) is 10.1 Å². The molecular formula is C16H22N2S. The Morgan fingerprint density at radius 1 is 1.26 bits per heavy atom. The summed E-state index contributed by atoms with van der Waals surface area (Å²) in [6.45, 7) is 4.69. The molecule has 0 radical (unpaired) electrons. The fraction of sp³-hybridized carbons (Fsp3) is 0.500. The fourth-order valence-corrected chi connectivity index (χ4v) is 3.81. The van der Waals surface area contributed by atoms with E-state index in [0.717, 1.165) is 19.0 Å². The predicted molar refractivity (Wildman–Crippen MR) is 83.8 cm³/mol. The van der Waals surface area contributed by atoms with Crippen LogP contribution in [0.5, 0.6) is 0 Å². The minimum Gasteiger partial charge on any atom is -0.312 e. The number of fused-ring (bicyclic) bond motifs is 1. The number of nitrogens with one attached hydrogen (secondary N) is 1. The van der Waals surface area contributed by atoms with Gasteiger partial charge in [0.25, 0.3) is 0 Å². The van der Waals surface area contributed by atoms with Crippen molar-refractivity contribution in [3.05, 3.63) is 35.2 Å². The summed E-state index contributed by atoms with van der Waals surface area (Å²) in [5, 5.41) is 7.37. The summed E-state index contributed by atoms with van der Waals surface area (Å²) in [5.74, 6) is 0.862. The molecule has 0 aliphatic carbocycles. The number of nitrogens with zero attached hydrogens (tertiary/aromatic N) is 1. The molecule has 2 heterocycles. The first kappa shape index (κ1) is 13.1. The average Bonchev–Trinajstić information content (AvgIpc) is 2.85. The Balaban J connectivity index is 1.52. The molecular weight excluding hydrogens is 252 g/mol. The van der Waals surface area contributed by atoms with Crippen LogP contribution >= 0.6 is 11.3 Å². The van der Waals surface area contributed by atoms with Crippen molar-refractivity contribution in [3.8, 4) is 0 Å². The zero-order valence-corrected chi connectivity index (χ0v) is 12.4. The van der Waals surface area contributed by atoms with Gasteiger partial charge in [0.1, 0.15) is 0 Å². The van der Waals surface area contributed by atoms with Crippen molar-refractivity contribution < 1.29 is 0 Å². The van der Waals surface area contributed by atoms with E-state index >= 15 is 0 Å². The number of benzene rings is 1. The monoisotopic (exact) mass is 274 g/mol. The molecule has 0 amide bonds. The van der Waals surface area contributed by atoms with Gasteiger partial charge in [-0.3, -0.25) is 0 Å². The second-order valence-electron chi connectivity index (χ2n) is 5.63. The molecule has 19 heavy (non-hydrogen) atoms. The Hall–Kier alpha value is -0.900. The van der Waals surface area contributed by atoms with Crippen molar-refractivity contribution in [2.45, 2.75) is 19.4 Å². The molecule has 2 nitrogen and oxygen atoms in total. The van der Waals surface area contributed by atoms with Crippen LogP contribution in [0.1, 0.15) is 18.4 Å². The van der Waals surface area contributed by atoms with E-state index in [1.54, 1.807) is 0 Å². The lowest BCUT2D eigenvalue weighted by atomic mass is 9.97. The van der Waals surface area contributed by atoms with Crippen LogP contribution in [0.4, 0.5) is 0 Å². The van der Waals surface area contributed by atoms with E-state index in [0.29, 0.717) is 0 Å². The third-order valence-electron chi connectivity index (χ3n) is 4.15. The van der Waals surface area contributed by atoms with E-state index in [4.69, 9.17) is 0 Å². The molecule has 0 bridgehead atoms. The smallest absolute Gasteiger partial charge is 0.0346 e. The molecule has 102 valence electrons. The Kier molecular flexibility index (Phi) is 4.16. The first-order chi connectivity index (χ1) is 9.33. The SMILES string of the molecule is CN1CCC(CNCc2csc3ccccc23)CC1. The van der Waals surface area contributed by atoms with Crippen LogP contribution in [-0.4, -0.2) is 31.6 Å². The molecule has 3 rings (SSSR count). The quantitative estimate of drug-likeness (QED) is 0.920. The van der Waals surface area contributed by atoms with E-state index in [1.165, 1.54) is 41.6 Å². The molecule has 2 aromatic rings. The number of likely N-dealkylation sites (tertiary alicyclic amines) is 1. The second kappa shape index (κ2) is 6.04. The van der Waals surface area contributed by atoms with Crippen LogP contribution in [0.2, 0.25) is 0 Å². The van der Waals surface area contributed by atoms with E-state index < -0.39 is 0 Å². The van der Waals surface area contributed by atoms with E-state index in [-0.39, 0.29) is 0 Å². The topological polar surface area (TPSA) is 15.3 Å². The Labute approximate surface area is 119 Å². The molecule has 1 saturated heterocycles. The minimum atomic E-state index is 0.862. The molecule has 1 aliphatic heterocycles. The highest BCUT2D eigenvalue weighted by atomic mass is 32.1. The van der Waals surface area contributed by atoms with Crippen molar-refractivity contribution in [1.29, 1.82) is 0 Å². The van der Waals surface area contributed by atoms with Gasteiger partial charge >= 0.3 is 0 Å². The van der Waals surface area contributed by atoms with Crippen LogP contribution in [-0.2, 0) is 6.54 Å². The normalized spacial score (nSPS) is 18.2. The van der Waals surface area contributed by atoms with E-state index in [2.05, 4.69) is 46.9 Å². The predicted octanol–water partition coefficient (Wildman–Crippen LogP) is 3.33.